The standard InChI is InChI=1S/C15H28N2O/c1-11-5-4-6-14(9-11)17(3)15(18)13-8-7-12(2)16-10-13/h11-14,16H,4-10H2,1-3H3. The summed E-state index contributed by atoms with van der Waals surface area (Å²) in [5.74, 6) is 1.36. The summed E-state index contributed by atoms with van der Waals surface area (Å²) >= 11 is 0. The molecule has 1 aliphatic heterocycles. The average molecular weight is 252 g/mol. The molecule has 1 amide bonds. The van der Waals surface area contributed by atoms with Crippen molar-refractivity contribution >= 4 is 5.91 Å². The topological polar surface area (TPSA) is 32.3 Å². The second-order valence-corrected chi connectivity index (χ2v) is 6.46. The Bertz CT molecular complexity index is 284. The van der Waals surface area contributed by atoms with Crippen LogP contribution in [0, 0.1) is 11.8 Å². The van der Waals surface area contributed by atoms with Gasteiger partial charge in [-0.05, 0) is 38.5 Å². The number of hydrogen-bond acceptors (Lipinski definition) is 2. The van der Waals surface area contributed by atoms with Gasteiger partial charge in [0.25, 0.3) is 0 Å². The third-order valence-corrected chi connectivity index (χ3v) is 4.81. The molecule has 0 spiro atoms. The summed E-state index contributed by atoms with van der Waals surface area (Å²) in [5.41, 5.74) is 0. The highest BCUT2D eigenvalue weighted by Crippen LogP contribution is 2.28. The van der Waals surface area contributed by atoms with E-state index in [0.717, 1.165) is 25.3 Å². The van der Waals surface area contributed by atoms with Crippen LogP contribution in [0.2, 0.25) is 0 Å². The highest BCUT2D eigenvalue weighted by Gasteiger charge is 2.31. The molecule has 18 heavy (non-hydrogen) atoms. The molecule has 2 fully saturated rings. The van der Waals surface area contributed by atoms with Crippen molar-refractivity contribution in [1.29, 1.82) is 0 Å². The fraction of sp³-hybridized carbons (Fsp3) is 0.933. The third-order valence-electron chi connectivity index (χ3n) is 4.81. The predicted octanol–water partition coefficient (Wildman–Crippen LogP) is 2.41. The highest BCUT2D eigenvalue weighted by molar-refractivity contribution is 5.79. The number of carbonyl (C=O) groups excluding carboxylic acids is 1. The van der Waals surface area contributed by atoms with Gasteiger partial charge >= 0.3 is 0 Å². The second-order valence-electron chi connectivity index (χ2n) is 6.46. The van der Waals surface area contributed by atoms with Gasteiger partial charge in [-0.2, -0.15) is 0 Å². The zero-order valence-corrected chi connectivity index (χ0v) is 12.1. The minimum absolute atomic E-state index is 0.212. The van der Waals surface area contributed by atoms with Crippen molar-refractivity contribution in [1.82, 2.24) is 10.2 Å². The van der Waals surface area contributed by atoms with Crippen LogP contribution < -0.4 is 5.32 Å². The van der Waals surface area contributed by atoms with E-state index in [0.29, 0.717) is 18.0 Å². The molecule has 0 aromatic carbocycles. The summed E-state index contributed by atoms with van der Waals surface area (Å²) in [6.45, 7) is 5.38. The maximum Gasteiger partial charge on any atom is 0.226 e. The lowest BCUT2D eigenvalue weighted by molar-refractivity contribution is -0.137. The zero-order chi connectivity index (χ0) is 13.1. The molecular formula is C15H28N2O. The van der Waals surface area contributed by atoms with Gasteiger partial charge in [-0.1, -0.05) is 19.8 Å². The van der Waals surface area contributed by atoms with Crippen molar-refractivity contribution in [3.8, 4) is 0 Å². The number of nitrogens with one attached hydrogen (secondary N) is 1. The number of nitrogens with zero attached hydrogens (tertiary/aromatic N) is 1. The van der Waals surface area contributed by atoms with Gasteiger partial charge in [0.1, 0.15) is 0 Å². The van der Waals surface area contributed by atoms with E-state index in [-0.39, 0.29) is 5.92 Å². The third kappa shape index (κ3) is 3.25. The Hall–Kier alpha value is -0.570. The van der Waals surface area contributed by atoms with Gasteiger partial charge in [-0.15, -0.1) is 0 Å². The van der Waals surface area contributed by atoms with Gasteiger partial charge in [0.15, 0.2) is 0 Å². The molecule has 4 atom stereocenters. The Morgan fingerprint density at radius 1 is 1.17 bits per heavy atom. The van der Waals surface area contributed by atoms with Gasteiger partial charge in [-0.3, -0.25) is 4.79 Å². The molecule has 104 valence electrons. The van der Waals surface area contributed by atoms with Crippen LogP contribution in [0.1, 0.15) is 52.4 Å². The normalized spacial score (nSPS) is 37.3. The predicted molar refractivity (Wildman–Crippen MR) is 74.4 cm³/mol. The van der Waals surface area contributed by atoms with E-state index in [4.69, 9.17) is 0 Å². The molecule has 0 aromatic heterocycles. The Morgan fingerprint density at radius 3 is 2.56 bits per heavy atom. The van der Waals surface area contributed by atoms with Crippen LogP contribution in [0.4, 0.5) is 0 Å². The second kappa shape index (κ2) is 6.05. The van der Waals surface area contributed by atoms with Gasteiger partial charge in [0.05, 0.1) is 5.92 Å². The van der Waals surface area contributed by atoms with Crippen molar-refractivity contribution in [2.75, 3.05) is 13.6 Å². The quantitative estimate of drug-likeness (QED) is 0.818. The van der Waals surface area contributed by atoms with E-state index in [1.54, 1.807) is 0 Å². The van der Waals surface area contributed by atoms with E-state index in [1.165, 1.54) is 25.7 Å². The van der Waals surface area contributed by atoms with Crippen LogP contribution in [0.3, 0.4) is 0 Å². The Kier molecular flexibility index (Phi) is 4.66. The molecule has 3 nitrogen and oxygen atoms in total. The molecule has 2 rings (SSSR count). The Balaban J connectivity index is 1.87. The van der Waals surface area contributed by atoms with E-state index in [2.05, 4.69) is 24.1 Å². The minimum Gasteiger partial charge on any atom is -0.342 e. The molecule has 2 aliphatic rings. The molecule has 1 heterocycles. The molecule has 1 saturated carbocycles. The SMILES string of the molecule is CC1CCCC(N(C)C(=O)C2CCC(C)NC2)C1. The van der Waals surface area contributed by atoms with E-state index < -0.39 is 0 Å². The molecular weight excluding hydrogens is 224 g/mol. The van der Waals surface area contributed by atoms with Crippen LogP contribution in [0.5, 0.6) is 0 Å². The first-order chi connectivity index (χ1) is 8.58. The van der Waals surface area contributed by atoms with Gasteiger partial charge < -0.3 is 10.2 Å². The Labute approximate surface area is 111 Å². The monoisotopic (exact) mass is 252 g/mol. The summed E-state index contributed by atoms with van der Waals surface area (Å²) in [6.07, 6.45) is 7.19. The molecule has 1 aliphatic carbocycles. The molecule has 3 heteroatoms. The molecule has 0 radical (unpaired) electrons. The van der Waals surface area contributed by atoms with E-state index in [9.17, 15) is 4.79 Å². The van der Waals surface area contributed by atoms with Crippen LogP contribution in [0.25, 0.3) is 0 Å². The largest absolute Gasteiger partial charge is 0.342 e. The summed E-state index contributed by atoms with van der Waals surface area (Å²) < 4.78 is 0. The zero-order valence-electron chi connectivity index (χ0n) is 12.1. The molecule has 0 aromatic rings. The lowest BCUT2D eigenvalue weighted by Crippen LogP contribution is -2.48. The molecule has 0 bridgehead atoms. The minimum atomic E-state index is 0.212. The maximum absolute atomic E-state index is 12.5. The number of hydrogen-bond donors (Lipinski definition) is 1. The van der Waals surface area contributed by atoms with Gasteiger partial charge in [0.2, 0.25) is 5.91 Å². The number of amides is 1. The summed E-state index contributed by atoms with van der Waals surface area (Å²) in [7, 11) is 2.02. The molecule has 4 unspecified atom stereocenters. The van der Waals surface area contributed by atoms with Crippen molar-refractivity contribution in [2.24, 2.45) is 11.8 Å². The maximum atomic E-state index is 12.5. The first-order valence-corrected chi connectivity index (χ1v) is 7.58. The van der Waals surface area contributed by atoms with E-state index in [1.807, 2.05) is 7.05 Å². The van der Waals surface area contributed by atoms with Crippen LogP contribution in [-0.4, -0.2) is 36.5 Å². The molecule has 1 N–H and O–H groups in total. The summed E-state index contributed by atoms with van der Waals surface area (Å²) in [4.78, 5) is 14.6. The first-order valence-electron chi connectivity index (χ1n) is 7.58. The smallest absolute Gasteiger partial charge is 0.226 e. The van der Waals surface area contributed by atoms with Crippen LogP contribution in [-0.2, 0) is 4.79 Å². The summed E-state index contributed by atoms with van der Waals surface area (Å²) in [5, 5.41) is 3.43. The van der Waals surface area contributed by atoms with Crippen molar-refractivity contribution in [3.63, 3.8) is 0 Å². The average Bonchev–Trinajstić information content (AvgIpc) is 2.38. The number of carbonyl (C=O) groups is 1. The Morgan fingerprint density at radius 2 is 1.94 bits per heavy atom. The lowest BCUT2D eigenvalue weighted by atomic mass is 9.85. The number of rotatable bonds is 2. The summed E-state index contributed by atoms with van der Waals surface area (Å²) in [6, 6.07) is 1.06. The molecule has 1 saturated heterocycles. The van der Waals surface area contributed by atoms with Crippen LogP contribution in [0.15, 0.2) is 0 Å². The van der Waals surface area contributed by atoms with Crippen LogP contribution >= 0.6 is 0 Å². The van der Waals surface area contributed by atoms with Gasteiger partial charge in [0, 0.05) is 25.7 Å². The van der Waals surface area contributed by atoms with Crippen molar-refractivity contribution in [2.45, 2.75) is 64.5 Å². The number of piperidine rings is 1. The first kappa shape index (κ1) is 13.9. The van der Waals surface area contributed by atoms with Gasteiger partial charge in [-0.25, -0.2) is 0 Å². The van der Waals surface area contributed by atoms with Crippen molar-refractivity contribution < 1.29 is 4.79 Å². The fourth-order valence-electron chi connectivity index (χ4n) is 3.43. The van der Waals surface area contributed by atoms with Crippen molar-refractivity contribution in [3.05, 3.63) is 0 Å². The van der Waals surface area contributed by atoms with E-state index >= 15 is 0 Å². The fourth-order valence-corrected chi connectivity index (χ4v) is 3.43. The highest BCUT2D eigenvalue weighted by atomic mass is 16.2. The lowest BCUT2D eigenvalue weighted by Gasteiger charge is -2.37.